The molecule has 1 saturated heterocycles. The summed E-state index contributed by atoms with van der Waals surface area (Å²) in [6, 6.07) is 0.395. The zero-order chi connectivity index (χ0) is 7.56. The Kier molecular flexibility index (Phi) is 2.44. The van der Waals surface area contributed by atoms with Crippen LogP contribution in [0.3, 0.4) is 0 Å². The monoisotopic (exact) mass is 141 g/mol. The molecule has 2 heteroatoms. The van der Waals surface area contributed by atoms with Gasteiger partial charge in [0, 0.05) is 12.0 Å². The number of hydrogen-bond acceptors (Lipinski definition) is 2. The van der Waals surface area contributed by atoms with E-state index in [-0.39, 0.29) is 5.92 Å². The van der Waals surface area contributed by atoms with Crippen LogP contribution in [-0.4, -0.2) is 18.4 Å². The van der Waals surface area contributed by atoms with E-state index >= 15 is 0 Å². The van der Waals surface area contributed by atoms with Crippen LogP contribution in [0.25, 0.3) is 0 Å². The Morgan fingerprint density at radius 1 is 1.60 bits per heavy atom. The van der Waals surface area contributed by atoms with Gasteiger partial charge >= 0.3 is 0 Å². The van der Waals surface area contributed by atoms with E-state index in [1.165, 1.54) is 0 Å². The van der Waals surface area contributed by atoms with Crippen molar-refractivity contribution >= 4 is 5.78 Å². The first-order valence-corrected chi connectivity index (χ1v) is 3.95. The molecule has 10 heavy (non-hydrogen) atoms. The second kappa shape index (κ2) is 3.15. The highest BCUT2D eigenvalue weighted by Crippen LogP contribution is 2.16. The zero-order valence-electron chi connectivity index (χ0n) is 6.68. The Hall–Kier alpha value is -0.370. The molecule has 0 amide bonds. The van der Waals surface area contributed by atoms with E-state index in [0.29, 0.717) is 11.8 Å². The lowest BCUT2D eigenvalue weighted by molar-refractivity contribution is -0.122. The first kappa shape index (κ1) is 7.73. The predicted octanol–water partition coefficient (Wildman–Crippen LogP) is 0.964. The fourth-order valence-corrected chi connectivity index (χ4v) is 1.60. The van der Waals surface area contributed by atoms with Gasteiger partial charge in [0.1, 0.15) is 5.78 Å². The van der Waals surface area contributed by atoms with Crippen molar-refractivity contribution in [1.82, 2.24) is 5.32 Å². The lowest BCUT2D eigenvalue weighted by atomic mass is 9.89. The molecule has 0 saturated carbocycles. The van der Waals surface area contributed by atoms with Gasteiger partial charge in [0.05, 0.1) is 0 Å². The van der Waals surface area contributed by atoms with Gasteiger partial charge in [-0.05, 0) is 33.2 Å². The third kappa shape index (κ3) is 1.57. The van der Waals surface area contributed by atoms with Crippen molar-refractivity contribution < 1.29 is 4.79 Å². The normalized spacial score (nSPS) is 33.8. The minimum absolute atomic E-state index is 0.272. The Morgan fingerprint density at radius 3 is 2.70 bits per heavy atom. The lowest BCUT2D eigenvalue weighted by Gasteiger charge is -2.27. The SMILES string of the molecule is CC(=O)C1CCCNC1C. The Labute approximate surface area is 62.0 Å². The summed E-state index contributed by atoms with van der Waals surface area (Å²) in [5.74, 6) is 0.605. The van der Waals surface area contributed by atoms with E-state index < -0.39 is 0 Å². The van der Waals surface area contributed by atoms with Gasteiger partial charge in [0.2, 0.25) is 0 Å². The molecule has 1 N–H and O–H groups in total. The molecular weight excluding hydrogens is 126 g/mol. The molecule has 2 atom stereocenters. The number of piperidine rings is 1. The number of hydrogen-bond donors (Lipinski definition) is 1. The molecule has 2 unspecified atom stereocenters. The van der Waals surface area contributed by atoms with Crippen molar-refractivity contribution in [1.29, 1.82) is 0 Å². The maximum Gasteiger partial charge on any atom is 0.134 e. The quantitative estimate of drug-likeness (QED) is 0.589. The molecule has 58 valence electrons. The van der Waals surface area contributed by atoms with Crippen molar-refractivity contribution in [3.63, 3.8) is 0 Å². The predicted molar refractivity (Wildman–Crippen MR) is 40.9 cm³/mol. The maximum absolute atomic E-state index is 11.0. The molecule has 0 aromatic carbocycles. The fraction of sp³-hybridized carbons (Fsp3) is 0.875. The summed E-state index contributed by atoms with van der Waals surface area (Å²) in [4.78, 5) is 11.0. The van der Waals surface area contributed by atoms with Gasteiger partial charge in [-0.25, -0.2) is 0 Å². The molecule has 0 aliphatic carbocycles. The first-order chi connectivity index (χ1) is 4.72. The van der Waals surface area contributed by atoms with Crippen LogP contribution in [0.5, 0.6) is 0 Å². The average molecular weight is 141 g/mol. The summed E-state index contributed by atoms with van der Waals surface area (Å²) in [5.41, 5.74) is 0. The smallest absolute Gasteiger partial charge is 0.134 e. The van der Waals surface area contributed by atoms with E-state index in [1.54, 1.807) is 6.92 Å². The lowest BCUT2D eigenvalue weighted by Crippen LogP contribution is -2.41. The van der Waals surface area contributed by atoms with Gasteiger partial charge < -0.3 is 5.32 Å². The molecule has 2 nitrogen and oxygen atoms in total. The fourth-order valence-electron chi connectivity index (χ4n) is 1.60. The summed E-state index contributed by atoms with van der Waals surface area (Å²) >= 11 is 0. The Morgan fingerprint density at radius 2 is 2.30 bits per heavy atom. The molecule has 0 bridgehead atoms. The molecule has 0 spiro atoms. The van der Waals surface area contributed by atoms with E-state index in [1.807, 2.05) is 0 Å². The van der Waals surface area contributed by atoms with Crippen LogP contribution in [-0.2, 0) is 4.79 Å². The van der Waals surface area contributed by atoms with Crippen molar-refractivity contribution in [2.24, 2.45) is 5.92 Å². The minimum atomic E-state index is 0.272. The standard InChI is InChI=1S/C8H15NO/c1-6-8(7(2)10)4-3-5-9-6/h6,8-9H,3-5H2,1-2H3. The van der Waals surface area contributed by atoms with Crippen LogP contribution in [0.15, 0.2) is 0 Å². The summed E-state index contributed by atoms with van der Waals surface area (Å²) in [5, 5.41) is 3.29. The maximum atomic E-state index is 11.0. The van der Waals surface area contributed by atoms with E-state index in [2.05, 4.69) is 12.2 Å². The van der Waals surface area contributed by atoms with Crippen LogP contribution in [0.1, 0.15) is 26.7 Å². The van der Waals surface area contributed by atoms with Crippen LogP contribution < -0.4 is 5.32 Å². The summed E-state index contributed by atoms with van der Waals surface area (Å²) in [6.07, 6.45) is 2.22. The molecule has 1 fully saturated rings. The third-order valence-corrected chi connectivity index (χ3v) is 2.28. The van der Waals surface area contributed by atoms with Crippen LogP contribution >= 0.6 is 0 Å². The number of rotatable bonds is 1. The van der Waals surface area contributed by atoms with Crippen LogP contribution in [0.4, 0.5) is 0 Å². The van der Waals surface area contributed by atoms with Crippen molar-refractivity contribution in [2.45, 2.75) is 32.7 Å². The number of carbonyl (C=O) groups excluding carboxylic acids is 1. The van der Waals surface area contributed by atoms with Gasteiger partial charge in [-0.1, -0.05) is 0 Å². The second-order valence-corrected chi connectivity index (χ2v) is 3.10. The van der Waals surface area contributed by atoms with E-state index in [4.69, 9.17) is 0 Å². The van der Waals surface area contributed by atoms with Crippen molar-refractivity contribution in [3.8, 4) is 0 Å². The topological polar surface area (TPSA) is 29.1 Å². The second-order valence-electron chi connectivity index (χ2n) is 3.10. The number of ketones is 1. The molecule has 0 aromatic rings. The van der Waals surface area contributed by atoms with Crippen molar-refractivity contribution in [3.05, 3.63) is 0 Å². The Balaban J connectivity index is 2.47. The molecule has 1 aliphatic rings. The third-order valence-electron chi connectivity index (χ3n) is 2.28. The molecule has 0 radical (unpaired) electrons. The number of carbonyl (C=O) groups is 1. The largest absolute Gasteiger partial charge is 0.314 e. The minimum Gasteiger partial charge on any atom is -0.314 e. The molecule has 0 aromatic heterocycles. The number of Topliss-reactive ketones (excluding diaryl/α,β-unsaturated/α-hetero) is 1. The van der Waals surface area contributed by atoms with E-state index in [9.17, 15) is 4.79 Å². The molecular formula is C8H15NO. The highest BCUT2D eigenvalue weighted by Gasteiger charge is 2.23. The molecule has 1 rings (SSSR count). The zero-order valence-corrected chi connectivity index (χ0v) is 6.68. The van der Waals surface area contributed by atoms with Crippen LogP contribution in [0, 0.1) is 5.92 Å². The van der Waals surface area contributed by atoms with Crippen LogP contribution in [0.2, 0.25) is 0 Å². The average Bonchev–Trinajstić information content (AvgIpc) is 1.88. The summed E-state index contributed by atoms with van der Waals surface area (Å²) in [6.45, 7) is 4.85. The highest BCUT2D eigenvalue weighted by atomic mass is 16.1. The van der Waals surface area contributed by atoms with Gasteiger partial charge in [0.15, 0.2) is 0 Å². The number of nitrogens with one attached hydrogen (secondary N) is 1. The molecule has 1 heterocycles. The summed E-state index contributed by atoms with van der Waals surface area (Å²) in [7, 11) is 0. The van der Waals surface area contributed by atoms with E-state index in [0.717, 1.165) is 19.4 Å². The van der Waals surface area contributed by atoms with Gasteiger partial charge in [-0.3, -0.25) is 4.79 Å². The van der Waals surface area contributed by atoms with Gasteiger partial charge in [-0.15, -0.1) is 0 Å². The van der Waals surface area contributed by atoms with Gasteiger partial charge in [-0.2, -0.15) is 0 Å². The van der Waals surface area contributed by atoms with Crippen molar-refractivity contribution in [2.75, 3.05) is 6.54 Å². The first-order valence-electron chi connectivity index (χ1n) is 3.95. The summed E-state index contributed by atoms with van der Waals surface area (Å²) < 4.78 is 0. The highest BCUT2D eigenvalue weighted by molar-refractivity contribution is 5.79. The molecule has 1 aliphatic heterocycles. The van der Waals surface area contributed by atoms with Gasteiger partial charge in [0.25, 0.3) is 0 Å². The Bertz CT molecular complexity index is 133.